The number of hydrogen-bond donors (Lipinski definition) is 1. The first-order valence-corrected chi connectivity index (χ1v) is 11.7. The van der Waals surface area contributed by atoms with Crippen molar-refractivity contribution in [1.29, 1.82) is 0 Å². The van der Waals surface area contributed by atoms with E-state index in [9.17, 15) is 4.79 Å². The lowest BCUT2D eigenvalue weighted by atomic mass is 9.94. The van der Waals surface area contributed by atoms with Gasteiger partial charge in [0.2, 0.25) is 5.91 Å². The van der Waals surface area contributed by atoms with E-state index in [0.29, 0.717) is 0 Å². The lowest BCUT2D eigenvalue weighted by Crippen LogP contribution is -2.41. The summed E-state index contributed by atoms with van der Waals surface area (Å²) in [6, 6.07) is 7.84. The molecule has 1 fully saturated rings. The van der Waals surface area contributed by atoms with E-state index in [1.54, 1.807) is 7.11 Å². The molecule has 1 N–H and O–H groups in total. The predicted octanol–water partition coefficient (Wildman–Crippen LogP) is 3.71. The highest BCUT2D eigenvalue weighted by atomic mass is 16.5. The number of nitrogens with zero attached hydrogens (tertiary/aromatic N) is 4. The Morgan fingerprint density at radius 1 is 1.16 bits per heavy atom. The summed E-state index contributed by atoms with van der Waals surface area (Å²) in [6.45, 7) is 3.70. The van der Waals surface area contributed by atoms with Gasteiger partial charge in [-0.05, 0) is 63.1 Å². The van der Waals surface area contributed by atoms with Crippen LogP contribution in [0, 0.1) is 5.92 Å². The van der Waals surface area contributed by atoms with Crippen LogP contribution in [0.15, 0.2) is 36.7 Å². The fraction of sp³-hybridized carbons (Fsp3) is 0.480. The minimum atomic E-state index is -0.0276. The van der Waals surface area contributed by atoms with E-state index in [2.05, 4.69) is 10.2 Å². The van der Waals surface area contributed by atoms with Crippen LogP contribution < -0.4 is 15.0 Å². The first kappa shape index (κ1) is 20.8. The van der Waals surface area contributed by atoms with Gasteiger partial charge >= 0.3 is 0 Å². The Morgan fingerprint density at radius 3 is 2.66 bits per heavy atom. The highest BCUT2D eigenvalue weighted by molar-refractivity contribution is 5.80. The molecule has 5 rings (SSSR count). The third-order valence-corrected chi connectivity index (χ3v) is 6.94. The molecule has 168 valence electrons. The van der Waals surface area contributed by atoms with E-state index in [1.165, 1.54) is 29.6 Å². The van der Waals surface area contributed by atoms with Gasteiger partial charge in [-0.2, -0.15) is 5.10 Å². The Kier molecular flexibility index (Phi) is 5.72. The number of carbonyl (C=O) groups excluding carboxylic acids is 1. The topological polar surface area (TPSA) is 71.8 Å². The van der Waals surface area contributed by atoms with Gasteiger partial charge in [0, 0.05) is 37.0 Å². The van der Waals surface area contributed by atoms with Gasteiger partial charge in [0.25, 0.3) is 0 Å². The fourth-order valence-electron chi connectivity index (χ4n) is 5.04. The molecule has 0 radical (unpaired) electrons. The Balaban J connectivity index is 1.24. The second-order valence-corrected chi connectivity index (χ2v) is 8.94. The maximum atomic E-state index is 12.9. The molecule has 3 heterocycles. The number of nitrogens with one attached hydrogen (secondary N) is 1. The summed E-state index contributed by atoms with van der Waals surface area (Å²) < 4.78 is 7.23. The van der Waals surface area contributed by atoms with E-state index < -0.39 is 0 Å². The highest BCUT2D eigenvalue weighted by Crippen LogP contribution is 2.32. The molecule has 1 aromatic carbocycles. The van der Waals surface area contributed by atoms with Crippen molar-refractivity contribution in [2.45, 2.75) is 51.5 Å². The van der Waals surface area contributed by atoms with Crippen molar-refractivity contribution in [2.75, 3.05) is 25.1 Å². The Morgan fingerprint density at radius 2 is 1.91 bits per heavy atom. The monoisotopic (exact) mass is 433 g/mol. The van der Waals surface area contributed by atoms with Crippen LogP contribution >= 0.6 is 0 Å². The molecule has 1 atom stereocenters. The fourth-order valence-corrected chi connectivity index (χ4v) is 5.04. The van der Waals surface area contributed by atoms with Crippen molar-refractivity contribution >= 4 is 17.2 Å². The average Bonchev–Trinajstić information content (AvgIpc) is 3.23. The number of anilines is 1. The summed E-state index contributed by atoms with van der Waals surface area (Å²) >= 11 is 0. The maximum Gasteiger partial charge on any atom is 0.223 e. The number of hydrogen-bond acceptors (Lipinski definition) is 5. The number of aromatic nitrogens is 3. The third-order valence-electron chi connectivity index (χ3n) is 6.94. The maximum absolute atomic E-state index is 12.9. The quantitative estimate of drug-likeness (QED) is 0.664. The summed E-state index contributed by atoms with van der Waals surface area (Å²) in [5.74, 6) is 2.02. The number of rotatable bonds is 5. The summed E-state index contributed by atoms with van der Waals surface area (Å²) in [5, 5.41) is 8.00. The van der Waals surface area contributed by atoms with Gasteiger partial charge in [0.1, 0.15) is 11.3 Å². The number of ether oxygens (including phenoxy) is 1. The van der Waals surface area contributed by atoms with Gasteiger partial charge in [-0.25, -0.2) is 9.50 Å². The van der Waals surface area contributed by atoms with Gasteiger partial charge in [-0.1, -0.05) is 12.1 Å². The van der Waals surface area contributed by atoms with Crippen molar-refractivity contribution < 1.29 is 9.53 Å². The number of fused-ring (bicyclic) bond motifs is 3. The minimum absolute atomic E-state index is 0.0276. The van der Waals surface area contributed by atoms with Crippen LogP contribution in [-0.2, 0) is 17.6 Å². The molecule has 7 nitrogen and oxygen atoms in total. The highest BCUT2D eigenvalue weighted by Gasteiger charge is 2.29. The Bertz CT molecular complexity index is 1100. The summed E-state index contributed by atoms with van der Waals surface area (Å²) in [6.07, 6.45) is 10.0. The SMILES string of the molecule is COc1ccc(C(C)NC(=O)C2CCN(c3nccn4nc5c(c34)CCCC5)CC2)cc1. The third kappa shape index (κ3) is 3.92. The van der Waals surface area contributed by atoms with Crippen molar-refractivity contribution in [3.05, 3.63) is 53.5 Å². The first-order chi connectivity index (χ1) is 15.6. The number of aryl methyl sites for hydroxylation is 2. The van der Waals surface area contributed by atoms with Crippen molar-refractivity contribution in [2.24, 2.45) is 5.92 Å². The van der Waals surface area contributed by atoms with Gasteiger partial charge in [0.05, 0.1) is 18.8 Å². The van der Waals surface area contributed by atoms with E-state index >= 15 is 0 Å². The largest absolute Gasteiger partial charge is 0.497 e. The molecule has 1 amide bonds. The molecule has 0 spiro atoms. The molecule has 0 bridgehead atoms. The van der Waals surface area contributed by atoms with E-state index in [4.69, 9.17) is 14.8 Å². The van der Waals surface area contributed by atoms with Gasteiger partial charge in [-0.3, -0.25) is 4.79 Å². The van der Waals surface area contributed by atoms with Crippen LogP contribution in [0.3, 0.4) is 0 Å². The zero-order valence-corrected chi connectivity index (χ0v) is 18.9. The second kappa shape index (κ2) is 8.81. The number of piperidine rings is 1. The molecule has 2 aromatic heterocycles. The molecule has 32 heavy (non-hydrogen) atoms. The molecule has 1 aliphatic carbocycles. The zero-order chi connectivity index (χ0) is 22.1. The Hall–Kier alpha value is -3.09. The summed E-state index contributed by atoms with van der Waals surface area (Å²) in [4.78, 5) is 20.0. The van der Waals surface area contributed by atoms with Crippen molar-refractivity contribution in [3.8, 4) is 5.75 Å². The molecule has 3 aromatic rings. The summed E-state index contributed by atoms with van der Waals surface area (Å²) in [7, 11) is 1.66. The second-order valence-electron chi connectivity index (χ2n) is 8.94. The van der Waals surface area contributed by atoms with E-state index in [-0.39, 0.29) is 17.9 Å². The van der Waals surface area contributed by atoms with E-state index in [0.717, 1.165) is 55.9 Å². The van der Waals surface area contributed by atoms with E-state index in [1.807, 2.05) is 48.1 Å². The van der Waals surface area contributed by atoms with Crippen molar-refractivity contribution in [1.82, 2.24) is 19.9 Å². The molecule has 0 saturated carbocycles. The molecule has 7 heteroatoms. The molecular formula is C25H31N5O2. The smallest absolute Gasteiger partial charge is 0.223 e. The molecular weight excluding hydrogens is 402 g/mol. The number of carbonyl (C=O) groups is 1. The molecule has 1 saturated heterocycles. The van der Waals surface area contributed by atoms with Gasteiger partial charge < -0.3 is 15.0 Å². The number of methoxy groups -OCH3 is 1. The normalized spacial score (nSPS) is 17.8. The van der Waals surface area contributed by atoms with Crippen LogP contribution in [0.1, 0.15) is 55.5 Å². The van der Waals surface area contributed by atoms with Crippen LogP contribution in [0.4, 0.5) is 5.82 Å². The zero-order valence-electron chi connectivity index (χ0n) is 18.9. The predicted molar refractivity (Wildman–Crippen MR) is 124 cm³/mol. The van der Waals surface area contributed by atoms with Crippen LogP contribution in [0.25, 0.3) is 5.52 Å². The lowest BCUT2D eigenvalue weighted by Gasteiger charge is -2.33. The molecule has 2 aliphatic rings. The van der Waals surface area contributed by atoms with Gasteiger partial charge in [0.15, 0.2) is 5.82 Å². The van der Waals surface area contributed by atoms with Gasteiger partial charge in [-0.15, -0.1) is 0 Å². The van der Waals surface area contributed by atoms with Crippen LogP contribution in [0.2, 0.25) is 0 Å². The Labute approximate surface area is 188 Å². The number of amides is 1. The summed E-state index contributed by atoms with van der Waals surface area (Å²) in [5.41, 5.74) is 4.84. The average molecular weight is 434 g/mol. The number of benzene rings is 1. The van der Waals surface area contributed by atoms with Crippen molar-refractivity contribution in [3.63, 3.8) is 0 Å². The van der Waals surface area contributed by atoms with Crippen LogP contribution in [0.5, 0.6) is 5.75 Å². The molecule has 1 aliphatic heterocycles. The molecule has 1 unspecified atom stereocenters. The van der Waals surface area contributed by atoms with Crippen LogP contribution in [-0.4, -0.2) is 40.7 Å². The first-order valence-electron chi connectivity index (χ1n) is 11.7. The minimum Gasteiger partial charge on any atom is -0.497 e. The lowest BCUT2D eigenvalue weighted by molar-refractivity contribution is -0.126. The standard InChI is InChI=1S/C25H31N5O2/c1-17(18-7-9-20(32-2)10-8-18)27-25(31)19-11-14-29(15-12-19)24-23-21-5-3-4-6-22(21)28-30(23)16-13-26-24/h7-10,13,16-17,19H,3-6,11-12,14-15H2,1-2H3,(H,27,31).